The molecule has 3 saturated heterocycles. The van der Waals surface area contributed by atoms with Crippen LogP contribution in [0.1, 0.15) is 37.7 Å². The highest BCUT2D eigenvalue weighted by Gasteiger charge is 2.55. The number of hydrogen-bond donors (Lipinski definition) is 1. The molecule has 4 fully saturated rings. The number of benzene rings is 1. The van der Waals surface area contributed by atoms with Gasteiger partial charge in [0.2, 0.25) is 5.91 Å². The Morgan fingerprint density at radius 3 is 2.68 bits per heavy atom. The van der Waals surface area contributed by atoms with E-state index in [1.54, 1.807) is 6.20 Å². The number of carbonyl (C=O) groups excluding carboxylic acids is 1. The Labute approximate surface area is 204 Å². The molecule has 0 radical (unpaired) electrons. The van der Waals surface area contributed by atoms with Gasteiger partial charge in [-0.15, -0.1) is 0 Å². The molecule has 8 heteroatoms. The zero-order chi connectivity index (χ0) is 23.4. The molecule has 2 aromatic rings. The van der Waals surface area contributed by atoms with E-state index in [4.69, 9.17) is 21.1 Å². The summed E-state index contributed by atoms with van der Waals surface area (Å²) in [6, 6.07) is 6.04. The number of nitrogens with one attached hydrogen (secondary N) is 1. The Bertz CT molecular complexity index is 1100. The van der Waals surface area contributed by atoms with E-state index >= 15 is 0 Å². The quantitative estimate of drug-likeness (QED) is 0.691. The third-order valence-corrected chi connectivity index (χ3v) is 8.95. The standard InChI is InChI=1S/C26H31ClFN3O3/c1-26(14-34-13-22(26)28)31-5-2-15(3-6-31)19-8-16-10-23(29-11-17(16)9-21(19)27)30-25(32)24-18-4-7-33-12-20(18)24/h8-11,15,18,20,22,24H,2-7,12-14H2,1H3,(H,29,30,32)/t18-,20-,22-,24?,26+/m1/s1. The lowest BCUT2D eigenvalue weighted by Gasteiger charge is -2.43. The minimum Gasteiger partial charge on any atom is -0.381 e. The number of piperidine rings is 1. The molecule has 1 amide bonds. The van der Waals surface area contributed by atoms with Crippen LogP contribution in [0.25, 0.3) is 10.8 Å². The third kappa shape index (κ3) is 3.91. The first-order chi connectivity index (χ1) is 16.4. The van der Waals surface area contributed by atoms with Crippen molar-refractivity contribution in [1.82, 2.24) is 9.88 Å². The highest BCUT2D eigenvalue weighted by molar-refractivity contribution is 6.32. The van der Waals surface area contributed by atoms with Crippen LogP contribution in [0.2, 0.25) is 5.02 Å². The number of alkyl halides is 1. The molecule has 1 saturated carbocycles. The fourth-order valence-corrected chi connectivity index (χ4v) is 6.62. The van der Waals surface area contributed by atoms with E-state index in [2.05, 4.69) is 21.3 Å². The first kappa shape index (κ1) is 22.7. The van der Waals surface area contributed by atoms with Gasteiger partial charge in [-0.3, -0.25) is 9.69 Å². The van der Waals surface area contributed by atoms with Gasteiger partial charge in [0.15, 0.2) is 0 Å². The molecule has 34 heavy (non-hydrogen) atoms. The van der Waals surface area contributed by atoms with Crippen LogP contribution in [-0.4, -0.2) is 67.0 Å². The Morgan fingerprint density at radius 2 is 1.97 bits per heavy atom. The normalized spacial score (nSPS) is 34.2. The first-order valence-electron chi connectivity index (χ1n) is 12.4. The van der Waals surface area contributed by atoms with Crippen molar-refractivity contribution in [3.63, 3.8) is 0 Å². The molecular formula is C26H31ClFN3O3. The van der Waals surface area contributed by atoms with E-state index in [1.165, 1.54) is 0 Å². The molecular weight excluding hydrogens is 457 g/mol. The van der Waals surface area contributed by atoms with Crippen LogP contribution in [0.4, 0.5) is 10.2 Å². The van der Waals surface area contributed by atoms with Crippen molar-refractivity contribution < 1.29 is 18.7 Å². The Morgan fingerprint density at radius 1 is 1.15 bits per heavy atom. The number of nitrogens with zero attached hydrogens (tertiary/aromatic N) is 2. The molecule has 0 spiro atoms. The van der Waals surface area contributed by atoms with Crippen LogP contribution in [0.5, 0.6) is 0 Å². The van der Waals surface area contributed by atoms with Crippen LogP contribution in [0.15, 0.2) is 24.4 Å². The number of halogens is 2. The zero-order valence-corrected chi connectivity index (χ0v) is 20.2. The Kier molecular flexibility index (Phi) is 5.79. The molecule has 6 nitrogen and oxygen atoms in total. The molecule has 1 N–H and O–H groups in total. The fraction of sp³-hybridized carbons (Fsp3) is 0.615. The molecule has 182 valence electrons. The molecule has 1 unspecified atom stereocenters. The van der Waals surface area contributed by atoms with Gasteiger partial charge in [-0.1, -0.05) is 11.6 Å². The maximum atomic E-state index is 14.5. The number of pyridine rings is 1. The van der Waals surface area contributed by atoms with Crippen molar-refractivity contribution in [1.29, 1.82) is 0 Å². The summed E-state index contributed by atoms with van der Waals surface area (Å²) in [7, 11) is 0. The van der Waals surface area contributed by atoms with Crippen molar-refractivity contribution in [3.8, 4) is 0 Å². The largest absolute Gasteiger partial charge is 0.381 e. The minimum atomic E-state index is -0.943. The third-order valence-electron chi connectivity index (χ3n) is 8.62. The molecule has 0 bridgehead atoms. The predicted molar refractivity (Wildman–Crippen MR) is 129 cm³/mol. The second-order valence-electron chi connectivity index (χ2n) is 10.6. The summed E-state index contributed by atoms with van der Waals surface area (Å²) in [4.78, 5) is 19.5. The number of rotatable bonds is 4. The van der Waals surface area contributed by atoms with Gasteiger partial charge < -0.3 is 14.8 Å². The molecule has 5 atom stereocenters. The number of amides is 1. The Hall–Kier alpha value is -1.80. The smallest absolute Gasteiger partial charge is 0.229 e. The van der Waals surface area contributed by atoms with Crippen molar-refractivity contribution in [2.45, 2.75) is 43.8 Å². The number of carbonyl (C=O) groups is 1. The van der Waals surface area contributed by atoms with Crippen molar-refractivity contribution in [3.05, 3.63) is 35.0 Å². The molecule has 3 aliphatic heterocycles. The molecule has 1 aromatic carbocycles. The van der Waals surface area contributed by atoms with Crippen LogP contribution < -0.4 is 5.32 Å². The molecule has 4 aliphatic rings. The fourth-order valence-electron chi connectivity index (χ4n) is 6.30. The molecule has 1 aromatic heterocycles. The van der Waals surface area contributed by atoms with Gasteiger partial charge in [0, 0.05) is 29.1 Å². The number of likely N-dealkylation sites (tertiary alicyclic amines) is 1. The monoisotopic (exact) mass is 487 g/mol. The molecule has 1 aliphatic carbocycles. The van der Waals surface area contributed by atoms with Gasteiger partial charge in [0.1, 0.15) is 12.0 Å². The summed E-state index contributed by atoms with van der Waals surface area (Å²) >= 11 is 6.69. The summed E-state index contributed by atoms with van der Waals surface area (Å²) in [5, 5.41) is 5.73. The van der Waals surface area contributed by atoms with Crippen molar-refractivity contribution in [2.75, 3.05) is 44.8 Å². The van der Waals surface area contributed by atoms with E-state index in [1.807, 2.05) is 19.1 Å². The average molecular weight is 488 g/mol. The highest BCUT2D eigenvalue weighted by Crippen LogP contribution is 2.51. The summed E-state index contributed by atoms with van der Waals surface area (Å²) in [6.45, 7) is 5.70. The van der Waals surface area contributed by atoms with Crippen LogP contribution in [0, 0.1) is 17.8 Å². The van der Waals surface area contributed by atoms with E-state index in [-0.39, 0.29) is 18.4 Å². The number of anilines is 1. The summed E-state index contributed by atoms with van der Waals surface area (Å²) in [5.41, 5.74) is 0.592. The Balaban J connectivity index is 1.16. The lowest BCUT2D eigenvalue weighted by atomic mass is 9.85. The second kappa shape index (κ2) is 8.70. The van der Waals surface area contributed by atoms with Crippen LogP contribution in [-0.2, 0) is 14.3 Å². The maximum absolute atomic E-state index is 14.5. The molecule has 4 heterocycles. The second-order valence-corrected chi connectivity index (χ2v) is 11.0. The predicted octanol–water partition coefficient (Wildman–Crippen LogP) is 4.42. The van der Waals surface area contributed by atoms with Crippen LogP contribution >= 0.6 is 11.6 Å². The summed E-state index contributed by atoms with van der Waals surface area (Å²) in [6.07, 6.45) is 3.65. The van der Waals surface area contributed by atoms with Gasteiger partial charge in [0.05, 0.1) is 25.4 Å². The number of hydrogen-bond acceptors (Lipinski definition) is 5. The van der Waals surface area contributed by atoms with E-state index in [0.717, 1.165) is 60.3 Å². The van der Waals surface area contributed by atoms with E-state index in [0.29, 0.717) is 36.8 Å². The zero-order valence-electron chi connectivity index (χ0n) is 19.4. The van der Waals surface area contributed by atoms with Gasteiger partial charge in [-0.05, 0) is 86.2 Å². The average Bonchev–Trinajstić information content (AvgIpc) is 3.48. The summed E-state index contributed by atoms with van der Waals surface area (Å²) in [5.74, 6) is 1.80. The lowest BCUT2D eigenvalue weighted by Crippen LogP contribution is -2.55. The van der Waals surface area contributed by atoms with E-state index in [9.17, 15) is 9.18 Å². The summed E-state index contributed by atoms with van der Waals surface area (Å²) < 4.78 is 25.4. The number of aromatic nitrogens is 1. The van der Waals surface area contributed by atoms with Gasteiger partial charge >= 0.3 is 0 Å². The van der Waals surface area contributed by atoms with E-state index < -0.39 is 11.7 Å². The lowest BCUT2D eigenvalue weighted by molar-refractivity contribution is -0.117. The maximum Gasteiger partial charge on any atom is 0.229 e. The molecule has 6 rings (SSSR count). The number of fused-ring (bicyclic) bond motifs is 2. The van der Waals surface area contributed by atoms with Gasteiger partial charge in [-0.25, -0.2) is 9.37 Å². The van der Waals surface area contributed by atoms with Crippen molar-refractivity contribution >= 4 is 34.1 Å². The minimum absolute atomic E-state index is 0.0435. The SMILES string of the molecule is C[C@]1(N2CCC(c3cc4cc(NC(=O)C5[C@@H]6CCOC[C@@H]56)ncc4cc3Cl)CC2)COC[C@H]1F. The van der Waals surface area contributed by atoms with Gasteiger partial charge in [0.25, 0.3) is 0 Å². The van der Waals surface area contributed by atoms with Crippen molar-refractivity contribution in [2.24, 2.45) is 17.8 Å². The van der Waals surface area contributed by atoms with Crippen LogP contribution in [0.3, 0.4) is 0 Å². The highest BCUT2D eigenvalue weighted by atomic mass is 35.5. The number of ether oxygens (including phenoxy) is 2. The van der Waals surface area contributed by atoms with Gasteiger partial charge in [-0.2, -0.15) is 0 Å². The first-order valence-corrected chi connectivity index (χ1v) is 12.8. The topological polar surface area (TPSA) is 63.7 Å².